The Morgan fingerprint density at radius 1 is 1.38 bits per heavy atom. The molecule has 0 fully saturated rings. The summed E-state index contributed by atoms with van der Waals surface area (Å²) in [5.41, 5.74) is 1.16. The van der Waals surface area contributed by atoms with Crippen molar-refractivity contribution in [1.29, 1.82) is 0 Å². The van der Waals surface area contributed by atoms with Gasteiger partial charge in [0.25, 0.3) is 0 Å². The first kappa shape index (κ1) is 18.3. The van der Waals surface area contributed by atoms with Gasteiger partial charge in [-0.25, -0.2) is 4.98 Å². The van der Waals surface area contributed by atoms with Crippen LogP contribution in [0.3, 0.4) is 0 Å². The highest BCUT2D eigenvalue weighted by Gasteiger charge is 2.20. The molecule has 1 aromatic carbocycles. The molecule has 1 amide bonds. The monoisotopic (exact) mass is 385 g/mol. The van der Waals surface area contributed by atoms with Crippen LogP contribution in [0.25, 0.3) is 0 Å². The van der Waals surface area contributed by atoms with Crippen molar-refractivity contribution < 1.29 is 4.79 Å². The van der Waals surface area contributed by atoms with Crippen LogP contribution < -0.4 is 5.32 Å². The Kier molecular flexibility index (Phi) is 6.19. The van der Waals surface area contributed by atoms with E-state index in [-0.39, 0.29) is 11.2 Å². The number of nitrogens with zero attached hydrogens (tertiary/aromatic N) is 4. The van der Waals surface area contributed by atoms with E-state index in [0.29, 0.717) is 23.3 Å². The lowest BCUT2D eigenvalue weighted by atomic mass is 10.1. The second-order valence-electron chi connectivity index (χ2n) is 5.55. The zero-order valence-electron chi connectivity index (χ0n) is 14.3. The molecule has 3 aromatic rings. The molecule has 134 valence electrons. The molecule has 2 heterocycles. The molecule has 1 N–H and O–H groups in total. The normalized spacial score (nSPS) is 11.9. The summed E-state index contributed by atoms with van der Waals surface area (Å²) < 4.78 is 2.00. The Balaban J connectivity index is 1.72. The summed E-state index contributed by atoms with van der Waals surface area (Å²) in [6.45, 7) is 6.26. The third-order valence-corrected chi connectivity index (χ3v) is 5.39. The maximum Gasteiger partial charge on any atom is 0.239 e. The van der Waals surface area contributed by atoms with Gasteiger partial charge in [-0.2, -0.15) is 0 Å². The minimum Gasteiger partial charge on any atom is -0.302 e. The van der Waals surface area contributed by atoms with Crippen molar-refractivity contribution in [2.24, 2.45) is 0 Å². The smallest absolute Gasteiger partial charge is 0.239 e. The highest BCUT2D eigenvalue weighted by Crippen LogP contribution is 2.24. The van der Waals surface area contributed by atoms with Gasteiger partial charge in [-0.3, -0.25) is 4.79 Å². The maximum atomic E-state index is 12.3. The molecule has 1 atom stereocenters. The van der Waals surface area contributed by atoms with Crippen LogP contribution in [-0.2, 0) is 17.8 Å². The average Bonchev–Trinajstić information content (AvgIpc) is 3.28. The Morgan fingerprint density at radius 2 is 2.19 bits per heavy atom. The van der Waals surface area contributed by atoms with Crippen LogP contribution in [0.1, 0.15) is 18.3 Å². The summed E-state index contributed by atoms with van der Waals surface area (Å²) >= 11 is 2.77. The van der Waals surface area contributed by atoms with Crippen LogP contribution in [-0.4, -0.2) is 30.9 Å². The third kappa shape index (κ3) is 4.59. The molecule has 0 spiro atoms. The number of nitrogens with one attached hydrogen (secondary N) is 1. The summed E-state index contributed by atoms with van der Waals surface area (Å²) in [7, 11) is 0. The fourth-order valence-corrected chi connectivity index (χ4v) is 3.74. The van der Waals surface area contributed by atoms with Crippen LogP contribution >= 0.6 is 23.1 Å². The molecule has 8 heteroatoms. The van der Waals surface area contributed by atoms with Crippen molar-refractivity contribution in [3.63, 3.8) is 0 Å². The van der Waals surface area contributed by atoms with Gasteiger partial charge in [0.15, 0.2) is 10.3 Å². The summed E-state index contributed by atoms with van der Waals surface area (Å²) in [6, 6.07) is 10.1. The predicted octanol–water partition coefficient (Wildman–Crippen LogP) is 3.63. The first-order valence-electron chi connectivity index (χ1n) is 8.11. The minimum atomic E-state index is -0.323. The Bertz CT molecular complexity index is 861. The maximum absolute atomic E-state index is 12.3. The largest absolute Gasteiger partial charge is 0.302 e. The van der Waals surface area contributed by atoms with Gasteiger partial charge in [0.2, 0.25) is 5.91 Å². The van der Waals surface area contributed by atoms with E-state index in [9.17, 15) is 4.79 Å². The van der Waals surface area contributed by atoms with Gasteiger partial charge in [-0.15, -0.1) is 28.1 Å². The Morgan fingerprint density at radius 3 is 2.88 bits per heavy atom. The fraction of sp³-hybridized carbons (Fsp3) is 0.222. The number of rotatable bonds is 8. The quantitative estimate of drug-likeness (QED) is 0.473. The highest BCUT2D eigenvalue weighted by atomic mass is 32.2. The number of hydrogen-bond acceptors (Lipinski definition) is 6. The molecule has 6 nitrogen and oxygen atoms in total. The lowest BCUT2D eigenvalue weighted by Gasteiger charge is -2.12. The summed E-state index contributed by atoms with van der Waals surface area (Å²) in [5.74, 6) is 0.744. The predicted molar refractivity (Wildman–Crippen MR) is 106 cm³/mol. The molecule has 0 aliphatic heterocycles. The van der Waals surface area contributed by atoms with Gasteiger partial charge in [-0.1, -0.05) is 48.2 Å². The number of allylic oxidation sites excluding steroid dienone is 1. The average molecular weight is 386 g/mol. The van der Waals surface area contributed by atoms with E-state index in [4.69, 9.17) is 0 Å². The summed E-state index contributed by atoms with van der Waals surface area (Å²) in [4.78, 5) is 16.4. The van der Waals surface area contributed by atoms with E-state index in [0.717, 1.165) is 11.4 Å². The van der Waals surface area contributed by atoms with Crippen LogP contribution in [0.2, 0.25) is 0 Å². The van der Waals surface area contributed by atoms with Crippen LogP contribution in [0.15, 0.2) is 59.7 Å². The molecule has 0 saturated heterocycles. The molecule has 0 bridgehead atoms. The van der Waals surface area contributed by atoms with Gasteiger partial charge in [-0.05, 0) is 12.5 Å². The van der Waals surface area contributed by atoms with Gasteiger partial charge in [0.05, 0.1) is 5.25 Å². The third-order valence-electron chi connectivity index (χ3n) is 3.62. The van der Waals surface area contributed by atoms with Gasteiger partial charge >= 0.3 is 0 Å². The highest BCUT2D eigenvalue weighted by molar-refractivity contribution is 8.00. The van der Waals surface area contributed by atoms with Crippen molar-refractivity contribution in [3.8, 4) is 0 Å². The first-order valence-corrected chi connectivity index (χ1v) is 9.87. The lowest BCUT2D eigenvalue weighted by molar-refractivity contribution is -0.115. The molecule has 1 unspecified atom stereocenters. The first-order chi connectivity index (χ1) is 12.7. The van der Waals surface area contributed by atoms with E-state index >= 15 is 0 Å². The van der Waals surface area contributed by atoms with Crippen molar-refractivity contribution >= 4 is 34.1 Å². The fourth-order valence-electron chi connectivity index (χ4n) is 2.33. The molecule has 26 heavy (non-hydrogen) atoms. The number of hydrogen-bond donors (Lipinski definition) is 1. The van der Waals surface area contributed by atoms with Crippen molar-refractivity contribution in [3.05, 3.63) is 66.0 Å². The van der Waals surface area contributed by atoms with E-state index in [1.807, 2.05) is 41.1 Å². The number of aromatic nitrogens is 4. The van der Waals surface area contributed by atoms with Crippen LogP contribution in [0.5, 0.6) is 0 Å². The number of carbonyl (C=O) groups excluding carboxylic acids is 1. The SMILES string of the molecule is C=CCn1c(Cc2ccccc2)nnc1SC(C)C(=O)Nc1nccs1. The van der Waals surface area contributed by atoms with Crippen LogP contribution in [0, 0.1) is 0 Å². The van der Waals surface area contributed by atoms with E-state index in [1.54, 1.807) is 6.20 Å². The second kappa shape index (κ2) is 8.77. The molecule has 0 aliphatic carbocycles. The number of carbonyl (C=O) groups is 1. The molecule has 3 rings (SSSR count). The lowest BCUT2D eigenvalue weighted by Crippen LogP contribution is -2.22. The summed E-state index contributed by atoms with van der Waals surface area (Å²) in [6.07, 6.45) is 4.15. The van der Waals surface area contributed by atoms with Crippen molar-refractivity contribution in [2.45, 2.75) is 30.3 Å². The molecule has 0 aliphatic rings. The van der Waals surface area contributed by atoms with E-state index < -0.39 is 0 Å². The Labute approximate surface area is 160 Å². The second-order valence-corrected chi connectivity index (χ2v) is 7.75. The topological polar surface area (TPSA) is 72.7 Å². The molecular weight excluding hydrogens is 366 g/mol. The summed E-state index contributed by atoms with van der Waals surface area (Å²) in [5, 5.41) is 14.2. The number of thioether (sulfide) groups is 1. The molecule has 0 saturated carbocycles. The number of benzene rings is 1. The van der Waals surface area contributed by atoms with Crippen molar-refractivity contribution in [1.82, 2.24) is 19.7 Å². The number of amides is 1. The minimum absolute atomic E-state index is 0.109. The molecule has 2 aromatic heterocycles. The molecular formula is C18H19N5OS2. The van der Waals surface area contributed by atoms with Gasteiger partial charge in [0.1, 0.15) is 5.82 Å². The van der Waals surface area contributed by atoms with Crippen LogP contribution in [0.4, 0.5) is 5.13 Å². The van der Waals surface area contributed by atoms with Gasteiger partial charge in [0, 0.05) is 24.5 Å². The zero-order chi connectivity index (χ0) is 18.4. The van der Waals surface area contributed by atoms with E-state index in [1.165, 1.54) is 23.1 Å². The van der Waals surface area contributed by atoms with Crippen molar-refractivity contribution in [2.75, 3.05) is 5.32 Å². The van der Waals surface area contributed by atoms with Gasteiger partial charge < -0.3 is 9.88 Å². The Hall–Kier alpha value is -2.45. The number of thiazole rings is 1. The molecule has 0 radical (unpaired) electrons. The number of anilines is 1. The standard InChI is InChI=1S/C18H19N5OS2/c1-3-10-23-15(12-14-7-5-4-6-8-14)21-22-18(23)26-13(2)16(24)20-17-19-9-11-25-17/h3-9,11,13H,1,10,12H2,2H3,(H,19,20,24). The van der Waals surface area contributed by atoms with E-state index in [2.05, 4.69) is 39.2 Å². The zero-order valence-corrected chi connectivity index (χ0v) is 16.0.